The average molecular weight is 348 g/mol. The number of benzene rings is 2. The molecule has 1 heterocycles. The zero-order valence-corrected chi connectivity index (χ0v) is 13.8. The SMILES string of the molecule is CN(CCCC(=O)O)S(=O)(=O)c1ccc2c3c(cccc13)C(=O)N2. The Labute approximate surface area is 138 Å². The predicted octanol–water partition coefficient (Wildman–Crippen LogP) is 1.89. The highest BCUT2D eigenvalue weighted by atomic mass is 32.2. The number of anilines is 1. The summed E-state index contributed by atoms with van der Waals surface area (Å²) in [5.74, 6) is -1.21. The van der Waals surface area contributed by atoms with Crippen molar-refractivity contribution < 1.29 is 23.1 Å². The number of hydrogen-bond donors (Lipinski definition) is 2. The molecule has 0 unspecified atom stereocenters. The maximum Gasteiger partial charge on any atom is 0.303 e. The van der Waals surface area contributed by atoms with E-state index in [1.165, 1.54) is 13.1 Å². The van der Waals surface area contributed by atoms with E-state index in [1.807, 2.05) is 0 Å². The Morgan fingerprint density at radius 3 is 2.71 bits per heavy atom. The minimum absolute atomic E-state index is 0.0951. The Bertz CT molecular complexity index is 952. The normalized spacial score (nSPS) is 13.5. The Morgan fingerprint density at radius 1 is 1.25 bits per heavy atom. The Kier molecular flexibility index (Phi) is 4.02. The summed E-state index contributed by atoms with van der Waals surface area (Å²) in [6.45, 7) is 0.106. The first-order valence-corrected chi connectivity index (χ1v) is 8.81. The van der Waals surface area contributed by atoms with Gasteiger partial charge in [-0.25, -0.2) is 12.7 Å². The molecule has 2 aromatic carbocycles. The highest BCUT2D eigenvalue weighted by Crippen LogP contribution is 2.37. The molecule has 24 heavy (non-hydrogen) atoms. The molecule has 7 nitrogen and oxygen atoms in total. The lowest BCUT2D eigenvalue weighted by molar-refractivity contribution is -0.137. The minimum atomic E-state index is -3.79. The molecule has 0 fully saturated rings. The first-order chi connectivity index (χ1) is 11.3. The molecule has 2 N–H and O–H groups in total. The maximum atomic E-state index is 12.8. The van der Waals surface area contributed by atoms with Crippen LogP contribution in [0.25, 0.3) is 10.8 Å². The number of carboxylic acid groups (broad SMARTS) is 1. The highest BCUT2D eigenvalue weighted by Gasteiger charge is 2.28. The lowest BCUT2D eigenvalue weighted by Crippen LogP contribution is -2.28. The van der Waals surface area contributed by atoms with E-state index in [0.717, 1.165) is 4.31 Å². The number of nitrogens with zero attached hydrogens (tertiary/aromatic N) is 1. The summed E-state index contributed by atoms with van der Waals surface area (Å²) in [5.41, 5.74) is 1.05. The molecule has 1 aliphatic heterocycles. The van der Waals surface area contributed by atoms with Crippen molar-refractivity contribution >= 4 is 38.4 Å². The van der Waals surface area contributed by atoms with Crippen LogP contribution < -0.4 is 5.32 Å². The molecule has 0 atom stereocenters. The van der Waals surface area contributed by atoms with Crippen molar-refractivity contribution in [3.63, 3.8) is 0 Å². The molecule has 126 valence electrons. The van der Waals surface area contributed by atoms with E-state index in [-0.39, 0.29) is 30.2 Å². The number of carbonyl (C=O) groups is 2. The zero-order valence-electron chi connectivity index (χ0n) is 12.9. The van der Waals surface area contributed by atoms with Crippen LogP contribution in [0.3, 0.4) is 0 Å². The third kappa shape index (κ3) is 2.63. The van der Waals surface area contributed by atoms with Crippen LogP contribution in [-0.4, -0.2) is 43.3 Å². The maximum absolute atomic E-state index is 12.8. The second kappa shape index (κ2) is 5.88. The van der Waals surface area contributed by atoms with Gasteiger partial charge >= 0.3 is 5.97 Å². The van der Waals surface area contributed by atoms with Gasteiger partial charge in [0.25, 0.3) is 5.91 Å². The van der Waals surface area contributed by atoms with Gasteiger partial charge in [-0.05, 0) is 24.6 Å². The lowest BCUT2D eigenvalue weighted by Gasteiger charge is -2.18. The number of carboxylic acids is 1. The largest absolute Gasteiger partial charge is 0.481 e. The van der Waals surface area contributed by atoms with Gasteiger partial charge in [-0.1, -0.05) is 12.1 Å². The number of nitrogens with one attached hydrogen (secondary N) is 1. The molecule has 1 amide bonds. The molecule has 0 saturated heterocycles. The molecule has 0 aliphatic carbocycles. The first kappa shape index (κ1) is 16.4. The van der Waals surface area contributed by atoms with Gasteiger partial charge in [-0.2, -0.15) is 0 Å². The van der Waals surface area contributed by atoms with Crippen LogP contribution in [0.5, 0.6) is 0 Å². The summed E-state index contributed by atoms with van der Waals surface area (Å²) in [7, 11) is -2.36. The van der Waals surface area contributed by atoms with E-state index in [2.05, 4.69) is 5.32 Å². The Hall–Kier alpha value is -2.45. The summed E-state index contributed by atoms with van der Waals surface area (Å²) in [6, 6.07) is 8.02. The molecule has 1 aliphatic rings. The van der Waals surface area contributed by atoms with Crippen molar-refractivity contribution in [1.29, 1.82) is 0 Å². The van der Waals surface area contributed by atoms with Crippen molar-refractivity contribution in [2.24, 2.45) is 0 Å². The third-order valence-corrected chi connectivity index (χ3v) is 5.96. The number of rotatable bonds is 6. The quantitative estimate of drug-likeness (QED) is 0.830. The van der Waals surface area contributed by atoms with E-state index in [0.29, 0.717) is 22.0 Å². The van der Waals surface area contributed by atoms with Gasteiger partial charge in [0.15, 0.2) is 0 Å². The van der Waals surface area contributed by atoms with E-state index in [4.69, 9.17) is 5.11 Å². The monoisotopic (exact) mass is 348 g/mol. The fraction of sp³-hybridized carbons (Fsp3) is 0.250. The van der Waals surface area contributed by atoms with Gasteiger partial charge in [0.2, 0.25) is 10.0 Å². The van der Waals surface area contributed by atoms with Crippen molar-refractivity contribution in [2.75, 3.05) is 18.9 Å². The number of hydrogen-bond acceptors (Lipinski definition) is 4. The zero-order chi connectivity index (χ0) is 17.5. The molecule has 0 bridgehead atoms. The van der Waals surface area contributed by atoms with Crippen molar-refractivity contribution in [3.8, 4) is 0 Å². The van der Waals surface area contributed by atoms with Crippen LogP contribution in [0.2, 0.25) is 0 Å². The summed E-state index contributed by atoms with van der Waals surface area (Å²) < 4.78 is 26.8. The van der Waals surface area contributed by atoms with Gasteiger partial charge < -0.3 is 10.4 Å². The van der Waals surface area contributed by atoms with Gasteiger partial charge in [-0.3, -0.25) is 9.59 Å². The molecular weight excluding hydrogens is 332 g/mol. The summed E-state index contributed by atoms with van der Waals surface area (Å²) >= 11 is 0. The fourth-order valence-corrected chi connectivity index (χ4v) is 4.22. The molecule has 3 rings (SSSR count). The topological polar surface area (TPSA) is 104 Å². The molecular formula is C16H16N2O5S. The van der Waals surface area contributed by atoms with Gasteiger partial charge in [-0.15, -0.1) is 0 Å². The third-order valence-electron chi connectivity index (χ3n) is 4.05. The number of sulfonamides is 1. The van der Waals surface area contributed by atoms with E-state index < -0.39 is 16.0 Å². The molecule has 2 aromatic rings. The van der Waals surface area contributed by atoms with Crippen molar-refractivity contribution in [1.82, 2.24) is 4.31 Å². The van der Waals surface area contributed by atoms with Crippen LogP contribution in [-0.2, 0) is 14.8 Å². The van der Waals surface area contributed by atoms with Crippen molar-refractivity contribution in [3.05, 3.63) is 35.9 Å². The summed E-state index contributed by atoms with van der Waals surface area (Å²) in [4.78, 5) is 22.6. The molecule has 0 saturated carbocycles. The average Bonchev–Trinajstić information content (AvgIpc) is 2.85. The number of aliphatic carboxylic acids is 1. The van der Waals surface area contributed by atoms with Gasteiger partial charge in [0.05, 0.1) is 4.90 Å². The van der Waals surface area contributed by atoms with Crippen molar-refractivity contribution in [2.45, 2.75) is 17.7 Å². The minimum Gasteiger partial charge on any atom is -0.481 e. The summed E-state index contributed by atoms with van der Waals surface area (Å²) in [6.07, 6.45) is 0.133. The van der Waals surface area contributed by atoms with Crippen LogP contribution >= 0.6 is 0 Å². The molecule has 0 aromatic heterocycles. The number of amides is 1. The predicted molar refractivity (Wildman–Crippen MR) is 88.6 cm³/mol. The number of carbonyl (C=O) groups excluding carboxylic acids is 1. The second-order valence-corrected chi connectivity index (χ2v) is 7.63. The van der Waals surface area contributed by atoms with E-state index in [9.17, 15) is 18.0 Å². The second-order valence-electron chi connectivity index (χ2n) is 5.62. The Morgan fingerprint density at radius 2 is 2.00 bits per heavy atom. The lowest BCUT2D eigenvalue weighted by atomic mass is 10.1. The standard InChI is InChI=1S/C16H16N2O5S/c1-18(9-3-6-14(19)20)24(22,23)13-8-7-12-15-10(13)4-2-5-11(15)16(21)17-12/h2,4-5,7-8H,3,6,9H2,1H3,(H,17,21)(H,19,20). The molecule has 0 radical (unpaired) electrons. The van der Waals surface area contributed by atoms with Crippen LogP contribution in [0.1, 0.15) is 23.2 Å². The molecule has 8 heteroatoms. The summed E-state index contributed by atoms with van der Waals surface area (Å²) in [5, 5.41) is 12.5. The van der Waals surface area contributed by atoms with Crippen LogP contribution in [0, 0.1) is 0 Å². The highest BCUT2D eigenvalue weighted by molar-refractivity contribution is 7.89. The van der Waals surface area contributed by atoms with Crippen LogP contribution in [0.4, 0.5) is 5.69 Å². The smallest absolute Gasteiger partial charge is 0.303 e. The van der Waals surface area contributed by atoms with E-state index in [1.54, 1.807) is 24.3 Å². The van der Waals surface area contributed by atoms with Crippen LogP contribution in [0.15, 0.2) is 35.2 Å². The Balaban J connectivity index is 2.02. The first-order valence-electron chi connectivity index (χ1n) is 7.37. The fourth-order valence-electron chi connectivity index (χ4n) is 2.83. The van der Waals surface area contributed by atoms with Gasteiger partial charge in [0.1, 0.15) is 0 Å². The molecule has 0 spiro atoms. The van der Waals surface area contributed by atoms with Gasteiger partial charge in [0, 0.05) is 42.0 Å². The van der Waals surface area contributed by atoms with E-state index >= 15 is 0 Å².